The first-order valence-electron chi connectivity index (χ1n) is 36.2. The number of carbonyl (C=O) groups excluding carboxylic acids is 3. The van der Waals surface area contributed by atoms with E-state index in [1.54, 1.807) is 0 Å². The van der Waals surface area contributed by atoms with Gasteiger partial charge in [0.05, 0.1) is 0 Å². The summed E-state index contributed by atoms with van der Waals surface area (Å²) < 4.78 is 17.0. The highest BCUT2D eigenvalue weighted by atomic mass is 16.6. The number of ether oxygens (including phenoxy) is 3. The summed E-state index contributed by atoms with van der Waals surface area (Å²) in [6.07, 6.45) is 82.7. The van der Waals surface area contributed by atoms with E-state index >= 15 is 0 Å². The predicted octanol–water partition coefficient (Wildman–Crippen LogP) is 24.8. The van der Waals surface area contributed by atoms with Gasteiger partial charge in [-0.25, -0.2) is 0 Å². The van der Waals surface area contributed by atoms with Crippen LogP contribution in [-0.2, 0) is 28.6 Å². The highest BCUT2D eigenvalue weighted by molar-refractivity contribution is 5.71. The highest BCUT2D eigenvalue weighted by Gasteiger charge is 2.19. The quantitative estimate of drug-likeness (QED) is 0.0261. The molecule has 0 heterocycles. The number of hydrogen-bond acceptors (Lipinski definition) is 6. The molecule has 0 aromatic rings. The summed E-state index contributed by atoms with van der Waals surface area (Å²) in [5.41, 5.74) is 0. The summed E-state index contributed by atoms with van der Waals surface area (Å²) in [4.78, 5) is 38.3. The van der Waals surface area contributed by atoms with Gasteiger partial charge in [0.2, 0.25) is 0 Å². The van der Waals surface area contributed by atoms with E-state index < -0.39 is 6.10 Å². The fraction of sp³-hybridized carbons (Fsp3) is 0.932. The molecule has 0 saturated carbocycles. The largest absolute Gasteiger partial charge is 0.462 e. The van der Waals surface area contributed by atoms with Gasteiger partial charge >= 0.3 is 17.9 Å². The number of allylic oxidation sites excluding steroid dienone is 2. The van der Waals surface area contributed by atoms with E-state index in [0.29, 0.717) is 19.3 Å². The Morgan fingerprint density at radius 2 is 0.418 bits per heavy atom. The van der Waals surface area contributed by atoms with Gasteiger partial charge in [-0.2, -0.15) is 0 Å². The Bertz CT molecular complexity index is 1230. The first kappa shape index (κ1) is 77.2. The minimum atomic E-state index is -0.763. The van der Waals surface area contributed by atoms with Crippen molar-refractivity contribution in [1.82, 2.24) is 0 Å². The van der Waals surface area contributed by atoms with E-state index in [2.05, 4.69) is 32.9 Å². The number of carbonyl (C=O) groups is 3. The van der Waals surface area contributed by atoms with Crippen LogP contribution in [0.25, 0.3) is 0 Å². The zero-order valence-electron chi connectivity index (χ0n) is 53.9. The number of unbranched alkanes of at least 4 members (excludes halogenated alkanes) is 55. The van der Waals surface area contributed by atoms with Crippen molar-refractivity contribution in [1.29, 1.82) is 0 Å². The van der Waals surface area contributed by atoms with Crippen LogP contribution in [0.4, 0.5) is 0 Å². The van der Waals surface area contributed by atoms with Crippen LogP contribution in [0.15, 0.2) is 12.2 Å². The lowest BCUT2D eigenvalue weighted by Gasteiger charge is -2.18. The van der Waals surface area contributed by atoms with Crippen LogP contribution in [0.2, 0.25) is 0 Å². The molecule has 0 aromatic carbocycles. The fourth-order valence-electron chi connectivity index (χ4n) is 11.3. The van der Waals surface area contributed by atoms with Crippen molar-refractivity contribution in [2.45, 2.75) is 425 Å². The normalized spacial score (nSPS) is 12.0. The van der Waals surface area contributed by atoms with Gasteiger partial charge in [-0.15, -0.1) is 0 Å². The third-order valence-electron chi connectivity index (χ3n) is 16.8. The summed E-state index contributed by atoms with van der Waals surface area (Å²) in [5, 5.41) is 0. The predicted molar refractivity (Wildman–Crippen MR) is 344 cm³/mol. The summed E-state index contributed by atoms with van der Waals surface area (Å²) in [7, 11) is 0. The van der Waals surface area contributed by atoms with Crippen LogP contribution in [0.3, 0.4) is 0 Å². The molecule has 0 amide bonds. The fourth-order valence-corrected chi connectivity index (χ4v) is 11.3. The van der Waals surface area contributed by atoms with Gasteiger partial charge in [-0.05, 0) is 44.9 Å². The lowest BCUT2D eigenvalue weighted by molar-refractivity contribution is -0.167. The molecule has 0 bridgehead atoms. The highest BCUT2D eigenvalue weighted by Crippen LogP contribution is 2.19. The maximum Gasteiger partial charge on any atom is 0.306 e. The van der Waals surface area contributed by atoms with Crippen molar-refractivity contribution in [2.75, 3.05) is 13.2 Å². The van der Waals surface area contributed by atoms with Crippen molar-refractivity contribution < 1.29 is 28.6 Å². The van der Waals surface area contributed by atoms with Gasteiger partial charge in [0.1, 0.15) is 13.2 Å². The van der Waals surface area contributed by atoms with E-state index in [4.69, 9.17) is 14.2 Å². The van der Waals surface area contributed by atoms with E-state index in [9.17, 15) is 14.4 Å². The third kappa shape index (κ3) is 66.8. The third-order valence-corrected chi connectivity index (χ3v) is 16.8. The Morgan fingerprint density at radius 3 is 0.633 bits per heavy atom. The minimum Gasteiger partial charge on any atom is -0.462 e. The Balaban J connectivity index is 4.02. The Morgan fingerprint density at radius 1 is 0.241 bits per heavy atom. The lowest BCUT2D eigenvalue weighted by Crippen LogP contribution is -2.30. The van der Waals surface area contributed by atoms with Crippen molar-refractivity contribution in [3.8, 4) is 0 Å². The zero-order valence-corrected chi connectivity index (χ0v) is 53.9. The molecule has 0 rings (SSSR count). The summed E-state index contributed by atoms with van der Waals surface area (Å²) >= 11 is 0. The zero-order chi connectivity index (χ0) is 57.1. The van der Waals surface area contributed by atoms with E-state index in [1.165, 1.54) is 321 Å². The Kier molecular flexibility index (Phi) is 67.0. The molecular weight excluding hydrogens is 973 g/mol. The molecule has 0 aliphatic carbocycles. The second-order valence-electron chi connectivity index (χ2n) is 24.9. The Hall–Kier alpha value is -1.85. The SMILES string of the molecule is CCCCCCCCCC/C=C\CCCCCCCCCCCCCCCCCCCCCCCC(=O)OCC(COC(=O)CCCCCCCCCCCC)OC(=O)CCCCCCCCCCCCCCCCCCCC. The molecule has 0 fully saturated rings. The summed E-state index contributed by atoms with van der Waals surface area (Å²) in [6, 6.07) is 0. The average Bonchev–Trinajstić information content (AvgIpc) is 3.45. The molecule has 0 radical (unpaired) electrons. The van der Waals surface area contributed by atoms with Crippen LogP contribution in [0.5, 0.6) is 0 Å². The van der Waals surface area contributed by atoms with Crippen molar-refractivity contribution in [2.24, 2.45) is 0 Å². The molecule has 0 N–H and O–H groups in total. The second-order valence-corrected chi connectivity index (χ2v) is 24.9. The molecule has 0 saturated heterocycles. The molecule has 1 unspecified atom stereocenters. The van der Waals surface area contributed by atoms with Gasteiger partial charge in [0, 0.05) is 19.3 Å². The van der Waals surface area contributed by atoms with E-state index in [0.717, 1.165) is 57.8 Å². The molecule has 468 valence electrons. The summed E-state index contributed by atoms with van der Waals surface area (Å²) in [5.74, 6) is -0.829. The van der Waals surface area contributed by atoms with Gasteiger partial charge in [0.25, 0.3) is 0 Å². The topological polar surface area (TPSA) is 78.9 Å². The van der Waals surface area contributed by atoms with E-state index in [-0.39, 0.29) is 31.1 Å². The number of esters is 3. The smallest absolute Gasteiger partial charge is 0.306 e. The molecule has 79 heavy (non-hydrogen) atoms. The van der Waals surface area contributed by atoms with Crippen LogP contribution in [0.1, 0.15) is 419 Å². The second kappa shape index (κ2) is 68.6. The van der Waals surface area contributed by atoms with Crippen molar-refractivity contribution >= 4 is 17.9 Å². The lowest BCUT2D eigenvalue weighted by atomic mass is 10.0. The van der Waals surface area contributed by atoms with Crippen molar-refractivity contribution in [3.63, 3.8) is 0 Å². The first-order chi connectivity index (χ1) is 39.0. The van der Waals surface area contributed by atoms with Gasteiger partial charge in [-0.1, -0.05) is 367 Å². The monoisotopic (exact) mass is 1110 g/mol. The molecule has 0 spiro atoms. The summed E-state index contributed by atoms with van der Waals surface area (Å²) in [6.45, 7) is 6.71. The van der Waals surface area contributed by atoms with Gasteiger partial charge in [-0.3, -0.25) is 14.4 Å². The maximum atomic E-state index is 12.9. The first-order valence-corrected chi connectivity index (χ1v) is 36.2. The van der Waals surface area contributed by atoms with Crippen LogP contribution >= 0.6 is 0 Å². The van der Waals surface area contributed by atoms with Crippen LogP contribution in [-0.4, -0.2) is 37.2 Å². The molecular formula is C73H140O6. The molecule has 6 heteroatoms. The minimum absolute atomic E-state index is 0.0620. The molecule has 1 atom stereocenters. The average molecular weight is 1110 g/mol. The Labute approximate surface area is 494 Å². The molecule has 0 aliphatic heterocycles. The molecule has 0 aliphatic rings. The number of rotatable bonds is 68. The van der Waals surface area contributed by atoms with Crippen molar-refractivity contribution in [3.05, 3.63) is 12.2 Å². The standard InChI is InChI=1S/C73H140O6/c1-4-7-10-13-16-19-22-24-26-28-30-31-32-33-34-35-36-37-38-39-40-41-42-43-44-46-47-49-51-54-57-60-63-66-72(75)78-69-70(68-77-71(74)65-62-59-56-53-21-18-15-12-9-6-3)79-73(76)67-64-61-58-55-52-50-48-45-29-27-25-23-20-17-14-11-8-5-2/h28,30,70H,4-27,29,31-69H2,1-3H3/b30-28-. The number of hydrogen-bond donors (Lipinski definition) is 0. The molecule has 6 nitrogen and oxygen atoms in total. The van der Waals surface area contributed by atoms with E-state index in [1.807, 2.05) is 0 Å². The molecule has 0 aromatic heterocycles. The maximum absolute atomic E-state index is 12.9. The van der Waals surface area contributed by atoms with Crippen LogP contribution in [0, 0.1) is 0 Å². The van der Waals surface area contributed by atoms with Crippen LogP contribution < -0.4 is 0 Å². The van der Waals surface area contributed by atoms with Gasteiger partial charge in [0.15, 0.2) is 6.10 Å². The van der Waals surface area contributed by atoms with Gasteiger partial charge < -0.3 is 14.2 Å².